The molecule has 1 aromatic carbocycles. The molecule has 2 N–H and O–H groups in total. The van der Waals surface area contributed by atoms with Gasteiger partial charge in [0.25, 0.3) is 5.91 Å². The molecule has 9 heteroatoms. The number of carbonyl (C=O) groups is 1. The maximum atomic E-state index is 12.0. The Hall–Kier alpha value is -3.23. The van der Waals surface area contributed by atoms with Gasteiger partial charge in [0.15, 0.2) is 0 Å². The van der Waals surface area contributed by atoms with E-state index >= 15 is 0 Å². The van der Waals surface area contributed by atoms with E-state index in [9.17, 15) is 20.0 Å². The van der Waals surface area contributed by atoms with Crippen molar-refractivity contribution >= 4 is 17.3 Å². The van der Waals surface area contributed by atoms with Crippen LogP contribution in [0.1, 0.15) is 23.9 Å². The van der Waals surface area contributed by atoms with E-state index in [2.05, 4.69) is 15.6 Å². The molecule has 2 aromatic rings. The summed E-state index contributed by atoms with van der Waals surface area (Å²) < 4.78 is 1.27. The molecular formula is C15H17N5O4. The lowest BCUT2D eigenvalue weighted by Crippen LogP contribution is -2.25. The fourth-order valence-electron chi connectivity index (χ4n) is 2.19. The molecule has 9 nitrogen and oxygen atoms in total. The van der Waals surface area contributed by atoms with Crippen LogP contribution in [0, 0.1) is 24.0 Å². The van der Waals surface area contributed by atoms with Gasteiger partial charge >= 0.3 is 5.69 Å². The second kappa shape index (κ2) is 6.90. The van der Waals surface area contributed by atoms with Crippen LogP contribution in [0.4, 0.5) is 5.69 Å². The van der Waals surface area contributed by atoms with Crippen LogP contribution < -0.4 is 5.43 Å². The summed E-state index contributed by atoms with van der Waals surface area (Å²) in [7, 11) is 0. The first-order valence-corrected chi connectivity index (χ1v) is 7.10. The largest absolute Gasteiger partial charge is 0.508 e. The van der Waals surface area contributed by atoms with Gasteiger partial charge in [-0.25, -0.2) is 5.43 Å². The maximum Gasteiger partial charge on any atom is 0.312 e. The predicted molar refractivity (Wildman–Crippen MR) is 86.8 cm³/mol. The molecule has 1 aromatic heterocycles. The number of hydrogen-bond acceptors (Lipinski definition) is 6. The second-order valence-corrected chi connectivity index (χ2v) is 5.21. The van der Waals surface area contributed by atoms with Crippen LogP contribution in [0.25, 0.3) is 0 Å². The molecule has 2 rings (SSSR count). The summed E-state index contributed by atoms with van der Waals surface area (Å²) in [6, 6.07) is 6.38. The first kappa shape index (κ1) is 17.1. The summed E-state index contributed by atoms with van der Waals surface area (Å²) in [5.41, 5.74) is 4.17. The van der Waals surface area contributed by atoms with Gasteiger partial charge in [0, 0.05) is 0 Å². The van der Waals surface area contributed by atoms with Gasteiger partial charge < -0.3 is 5.11 Å². The van der Waals surface area contributed by atoms with Gasteiger partial charge in [-0.1, -0.05) is 0 Å². The lowest BCUT2D eigenvalue weighted by molar-refractivity contribution is -0.386. The minimum Gasteiger partial charge on any atom is -0.508 e. The summed E-state index contributed by atoms with van der Waals surface area (Å²) in [6.07, 6.45) is 0. The third kappa shape index (κ3) is 3.75. The van der Waals surface area contributed by atoms with Crippen LogP contribution in [-0.4, -0.2) is 31.4 Å². The third-order valence-electron chi connectivity index (χ3n) is 3.45. The van der Waals surface area contributed by atoms with Gasteiger partial charge in [-0.05, 0) is 50.6 Å². The Morgan fingerprint density at radius 2 is 2.00 bits per heavy atom. The first-order valence-electron chi connectivity index (χ1n) is 7.10. The predicted octanol–water partition coefficient (Wildman–Crippen LogP) is 1.65. The molecule has 0 saturated heterocycles. The number of nitrogens with one attached hydrogen (secondary N) is 1. The number of rotatable bonds is 5. The fraction of sp³-hybridized carbons (Fsp3) is 0.267. The minimum absolute atomic E-state index is 0.0911. The number of amides is 1. The number of aryl methyl sites for hydroxylation is 1. The van der Waals surface area contributed by atoms with Crippen LogP contribution in [0.5, 0.6) is 5.75 Å². The highest BCUT2D eigenvalue weighted by atomic mass is 16.6. The number of aromatic hydroxyl groups is 1. The molecule has 0 aliphatic rings. The Morgan fingerprint density at radius 3 is 2.54 bits per heavy atom. The molecule has 1 amide bonds. The minimum atomic E-state index is -0.515. The quantitative estimate of drug-likeness (QED) is 0.490. The number of phenolic OH excluding ortho intramolecular Hbond substituents is 1. The van der Waals surface area contributed by atoms with Crippen molar-refractivity contribution in [1.82, 2.24) is 15.2 Å². The summed E-state index contributed by atoms with van der Waals surface area (Å²) in [5.74, 6) is -0.310. The topological polar surface area (TPSA) is 123 Å². The Bertz CT molecular complexity index is 808. The van der Waals surface area contributed by atoms with Crippen LogP contribution >= 0.6 is 0 Å². The average Bonchev–Trinajstić information content (AvgIpc) is 2.79. The fourth-order valence-corrected chi connectivity index (χ4v) is 2.19. The molecule has 0 radical (unpaired) electrons. The van der Waals surface area contributed by atoms with Crippen LogP contribution in [-0.2, 0) is 11.3 Å². The SMILES string of the molecule is C/C(=N\NC(=O)Cn1nc(C)c([N+](=O)[O-])c1C)c1ccc(O)cc1. The molecule has 126 valence electrons. The Labute approximate surface area is 137 Å². The van der Waals surface area contributed by atoms with Crippen molar-refractivity contribution in [2.45, 2.75) is 27.3 Å². The second-order valence-electron chi connectivity index (χ2n) is 5.21. The van der Waals surface area contributed by atoms with Gasteiger partial charge in [0.1, 0.15) is 23.7 Å². The van der Waals surface area contributed by atoms with E-state index < -0.39 is 10.8 Å². The first-order chi connectivity index (χ1) is 11.3. The molecule has 0 fully saturated rings. The number of benzene rings is 1. The number of nitro groups is 1. The summed E-state index contributed by atoms with van der Waals surface area (Å²) in [5, 5.41) is 28.2. The van der Waals surface area contributed by atoms with E-state index in [1.807, 2.05) is 0 Å². The molecule has 0 unspecified atom stereocenters. The summed E-state index contributed by atoms with van der Waals surface area (Å²) >= 11 is 0. The normalized spacial score (nSPS) is 11.4. The molecular weight excluding hydrogens is 314 g/mol. The maximum absolute atomic E-state index is 12.0. The number of hydrogen-bond donors (Lipinski definition) is 2. The number of nitrogens with zero attached hydrogens (tertiary/aromatic N) is 4. The standard InChI is InChI=1S/C15H17N5O4/c1-9(12-4-6-13(21)7-5-12)16-17-14(22)8-19-11(3)15(20(23)24)10(2)18-19/h4-7,21H,8H2,1-3H3,(H,17,22)/b16-9+. The van der Waals surface area contributed by atoms with Crippen molar-refractivity contribution in [3.05, 3.63) is 51.3 Å². The van der Waals surface area contributed by atoms with Crippen molar-refractivity contribution in [2.24, 2.45) is 5.10 Å². The highest BCUT2D eigenvalue weighted by Crippen LogP contribution is 2.21. The number of aromatic nitrogens is 2. The number of phenols is 1. The van der Waals surface area contributed by atoms with Gasteiger partial charge in [0.2, 0.25) is 0 Å². The highest BCUT2D eigenvalue weighted by Gasteiger charge is 2.22. The Morgan fingerprint density at radius 1 is 1.38 bits per heavy atom. The number of hydrazone groups is 1. The molecule has 1 heterocycles. The van der Waals surface area contributed by atoms with Crippen molar-refractivity contribution in [2.75, 3.05) is 0 Å². The van der Waals surface area contributed by atoms with Gasteiger partial charge in [-0.2, -0.15) is 10.2 Å². The summed E-state index contributed by atoms with van der Waals surface area (Å²) in [4.78, 5) is 22.4. The molecule has 0 aliphatic heterocycles. The van der Waals surface area contributed by atoms with Gasteiger partial charge in [-0.15, -0.1) is 0 Å². The van der Waals surface area contributed by atoms with E-state index in [0.29, 0.717) is 11.4 Å². The van der Waals surface area contributed by atoms with Gasteiger partial charge in [-0.3, -0.25) is 19.6 Å². The van der Waals surface area contributed by atoms with E-state index in [1.165, 1.54) is 30.7 Å². The lowest BCUT2D eigenvalue weighted by atomic mass is 10.1. The zero-order valence-corrected chi connectivity index (χ0v) is 13.5. The number of carbonyl (C=O) groups excluding carboxylic acids is 1. The van der Waals surface area contributed by atoms with E-state index in [0.717, 1.165) is 5.56 Å². The summed E-state index contributed by atoms with van der Waals surface area (Å²) in [6.45, 7) is 4.59. The highest BCUT2D eigenvalue weighted by molar-refractivity contribution is 5.99. The smallest absolute Gasteiger partial charge is 0.312 e. The zero-order chi connectivity index (χ0) is 17.9. The van der Waals surface area contributed by atoms with E-state index in [1.54, 1.807) is 19.1 Å². The van der Waals surface area contributed by atoms with Gasteiger partial charge in [0.05, 0.1) is 10.6 Å². The van der Waals surface area contributed by atoms with Crippen molar-refractivity contribution in [3.8, 4) is 5.75 Å². The molecule has 0 aliphatic carbocycles. The van der Waals surface area contributed by atoms with Crippen molar-refractivity contribution < 1.29 is 14.8 Å². The van der Waals surface area contributed by atoms with Crippen LogP contribution in [0.15, 0.2) is 29.4 Å². The van der Waals surface area contributed by atoms with Crippen LogP contribution in [0.2, 0.25) is 0 Å². The Balaban J connectivity index is 2.06. The lowest BCUT2D eigenvalue weighted by Gasteiger charge is -2.04. The molecule has 0 saturated carbocycles. The third-order valence-corrected chi connectivity index (χ3v) is 3.45. The van der Waals surface area contributed by atoms with Crippen molar-refractivity contribution in [3.63, 3.8) is 0 Å². The Kier molecular flexibility index (Phi) is 4.93. The molecule has 0 atom stereocenters. The molecule has 24 heavy (non-hydrogen) atoms. The van der Waals surface area contributed by atoms with E-state index in [-0.39, 0.29) is 23.7 Å². The van der Waals surface area contributed by atoms with Crippen molar-refractivity contribution in [1.29, 1.82) is 0 Å². The monoisotopic (exact) mass is 331 g/mol. The zero-order valence-electron chi connectivity index (χ0n) is 13.5. The van der Waals surface area contributed by atoms with Crippen LogP contribution in [0.3, 0.4) is 0 Å². The average molecular weight is 331 g/mol. The van der Waals surface area contributed by atoms with E-state index in [4.69, 9.17) is 0 Å². The molecule has 0 bridgehead atoms. The molecule has 0 spiro atoms.